The van der Waals surface area contributed by atoms with Crippen LogP contribution in [0.4, 0.5) is 5.95 Å². The van der Waals surface area contributed by atoms with Gasteiger partial charge in [0.05, 0.1) is 17.6 Å². The van der Waals surface area contributed by atoms with Crippen molar-refractivity contribution in [3.63, 3.8) is 0 Å². The number of hydrogen-bond acceptors (Lipinski definition) is 4. The van der Waals surface area contributed by atoms with E-state index in [2.05, 4.69) is 21.0 Å². The number of aromatic nitrogens is 2. The van der Waals surface area contributed by atoms with Gasteiger partial charge in [-0.1, -0.05) is 88.7 Å². The van der Waals surface area contributed by atoms with Gasteiger partial charge in [-0.25, -0.2) is 15.0 Å². The molecular formula is C24H19BrN4. The predicted octanol–water partition coefficient (Wildman–Crippen LogP) is 6.04. The van der Waals surface area contributed by atoms with Gasteiger partial charge in [0.15, 0.2) is 0 Å². The van der Waals surface area contributed by atoms with Gasteiger partial charge in [0.2, 0.25) is 5.95 Å². The molecule has 29 heavy (non-hydrogen) atoms. The van der Waals surface area contributed by atoms with Gasteiger partial charge in [0, 0.05) is 22.6 Å². The third kappa shape index (κ3) is 4.76. The number of hydrazone groups is 1. The van der Waals surface area contributed by atoms with Crippen LogP contribution in [-0.4, -0.2) is 23.2 Å². The fourth-order valence-electron chi connectivity index (χ4n) is 2.85. The van der Waals surface area contributed by atoms with Gasteiger partial charge in [-0.05, 0) is 23.8 Å². The molecule has 0 aliphatic heterocycles. The SMILES string of the molecule is CN(/N=C\c1ccc(Br)cc1)c1nc(-c2ccccc2)cc(-c2ccccc2)n1. The molecule has 5 heteroatoms. The Kier molecular flexibility index (Phi) is 5.77. The van der Waals surface area contributed by atoms with E-state index in [9.17, 15) is 0 Å². The minimum absolute atomic E-state index is 0.540. The van der Waals surface area contributed by atoms with Gasteiger partial charge in [0.1, 0.15) is 0 Å². The van der Waals surface area contributed by atoms with Gasteiger partial charge >= 0.3 is 0 Å². The van der Waals surface area contributed by atoms with E-state index in [1.807, 2.05) is 98.0 Å². The van der Waals surface area contributed by atoms with Crippen LogP contribution in [0, 0.1) is 0 Å². The number of nitrogens with zero attached hydrogens (tertiary/aromatic N) is 4. The Morgan fingerprint density at radius 1 is 0.759 bits per heavy atom. The lowest BCUT2D eigenvalue weighted by Crippen LogP contribution is -2.13. The summed E-state index contributed by atoms with van der Waals surface area (Å²) < 4.78 is 1.04. The number of hydrogen-bond donors (Lipinski definition) is 0. The first-order valence-electron chi connectivity index (χ1n) is 9.22. The number of rotatable bonds is 5. The molecule has 4 rings (SSSR count). The van der Waals surface area contributed by atoms with Crippen LogP contribution in [0.25, 0.3) is 22.5 Å². The Labute approximate surface area is 178 Å². The smallest absolute Gasteiger partial charge is 0.235 e. The van der Waals surface area contributed by atoms with E-state index in [1.54, 1.807) is 11.2 Å². The Bertz CT molecular complexity index is 1050. The quantitative estimate of drug-likeness (QED) is 0.279. The minimum Gasteiger partial charge on any atom is -0.235 e. The van der Waals surface area contributed by atoms with Crippen LogP contribution in [-0.2, 0) is 0 Å². The highest BCUT2D eigenvalue weighted by Crippen LogP contribution is 2.26. The predicted molar refractivity (Wildman–Crippen MR) is 123 cm³/mol. The van der Waals surface area contributed by atoms with Crippen LogP contribution in [0.3, 0.4) is 0 Å². The third-order valence-corrected chi connectivity index (χ3v) is 4.92. The second-order valence-corrected chi connectivity index (χ2v) is 7.41. The Hall–Kier alpha value is -3.31. The molecule has 4 nitrogen and oxygen atoms in total. The summed E-state index contributed by atoms with van der Waals surface area (Å²) in [7, 11) is 1.86. The molecular weight excluding hydrogens is 424 g/mol. The van der Waals surface area contributed by atoms with E-state index < -0.39 is 0 Å². The summed E-state index contributed by atoms with van der Waals surface area (Å²) in [5.74, 6) is 0.540. The standard InChI is InChI=1S/C24H19BrN4/c1-29(26-17-18-12-14-21(25)15-13-18)24-27-22(19-8-4-2-5-9-19)16-23(28-24)20-10-6-3-7-11-20/h2-17H,1H3/b26-17-. The van der Waals surface area contributed by atoms with Crippen LogP contribution in [0.15, 0.2) is 101 Å². The molecule has 0 saturated heterocycles. The highest BCUT2D eigenvalue weighted by molar-refractivity contribution is 9.10. The van der Waals surface area contributed by atoms with Gasteiger partial charge in [-0.2, -0.15) is 5.10 Å². The van der Waals surface area contributed by atoms with E-state index in [0.29, 0.717) is 5.95 Å². The zero-order valence-electron chi connectivity index (χ0n) is 15.9. The van der Waals surface area contributed by atoms with Crippen molar-refractivity contribution in [2.45, 2.75) is 0 Å². The molecule has 0 bridgehead atoms. The Morgan fingerprint density at radius 2 is 1.28 bits per heavy atom. The van der Waals surface area contributed by atoms with Gasteiger partial charge in [0.25, 0.3) is 0 Å². The van der Waals surface area contributed by atoms with Crippen molar-refractivity contribution >= 4 is 28.1 Å². The molecule has 0 fully saturated rings. The van der Waals surface area contributed by atoms with Crippen LogP contribution >= 0.6 is 15.9 Å². The summed E-state index contributed by atoms with van der Waals surface area (Å²) in [4.78, 5) is 9.50. The molecule has 1 heterocycles. The van der Waals surface area contributed by atoms with E-state index in [0.717, 1.165) is 32.6 Å². The highest BCUT2D eigenvalue weighted by Gasteiger charge is 2.11. The van der Waals surface area contributed by atoms with Crippen molar-refractivity contribution in [1.29, 1.82) is 0 Å². The topological polar surface area (TPSA) is 41.4 Å². The van der Waals surface area contributed by atoms with Crippen molar-refractivity contribution in [3.8, 4) is 22.5 Å². The molecule has 3 aromatic carbocycles. The van der Waals surface area contributed by atoms with E-state index >= 15 is 0 Å². The zero-order valence-corrected chi connectivity index (χ0v) is 17.5. The summed E-state index contributed by atoms with van der Waals surface area (Å²) in [6.07, 6.45) is 1.80. The van der Waals surface area contributed by atoms with Gasteiger partial charge in [-0.3, -0.25) is 0 Å². The first kappa shape index (κ1) is 19.0. The van der Waals surface area contributed by atoms with Gasteiger partial charge < -0.3 is 0 Å². The lowest BCUT2D eigenvalue weighted by Gasteiger charge is -2.14. The highest BCUT2D eigenvalue weighted by atomic mass is 79.9. The Morgan fingerprint density at radius 3 is 1.79 bits per heavy atom. The largest absolute Gasteiger partial charge is 0.247 e. The molecule has 1 aromatic heterocycles. The molecule has 4 aromatic rings. The lowest BCUT2D eigenvalue weighted by atomic mass is 10.1. The van der Waals surface area contributed by atoms with Crippen molar-refractivity contribution < 1.29 is 0 Å². The maximum atomic E-state index is 4.75. The second kappa shape index (κ2) is 8.80. The summed E-state index contributed by atoms with van der Waals surface area (Å²) in [5, 5.41) is 6.23. The fourth-order valence-corrected chi connectivity index (χ4v) is 3.11. The first-order valence-corrected chi connectivity index (χ1v) is 10.0. The summed E-state index contributed by atoms with van der Waals surface area (Å²) in [6.45, 7) is 0. The second-order valence-electron chi connectivity index (χ2n) is 6.49. The molecule has 142 valence electrons. The maximum absolute atomic E-state index is 4.75. The third-order valence-electron chi connectivity index (χ3n) is 4.39. The van der Waals surface area contributed by atoms with Crippen LogP contribution in [0.5, 0.6) is 0 Å². The molecule has 0 saturated carbocycles. The van der Waals surface area contributed by atoms with Crippen LogP contribution < -0.4 is 5.01 Å². The molecule has 0 N–H and O–H groups in total. The zero-order chi connectivity index (χ0) is 20.1. The summed E-state index contributed by atoms with van der Waals surface area (Å²) in [6, 6.07) is 30.2. The molecule has 0 radical (unpaired) electrons. The maximum Gasteiger partial charge on any atom is 0.247 e. The first-order chi connectivity index (χ1) is 14.2. The van der Waals surface area contributed by atoms with Crippen LogP contribution in [0.2, 0.25) is 0 Å². The van der Waals surface area contributed by atoms with Crippen molar-refractivity contribution in [2.75, 3.05) is 12.1 Å². The van der Waals surface area contributed by atoms with Gasteiger partial charge in [-0.15, -0.1) is 0 Å². The normalized spacial score (nSPS) is 11.0. The van der Waals surface area contributed by atoms with Crippen molar-refractivity contribution in [3.05, 3.63) is 101 Å². The molecule has 0 spiro atoms. The average molecular weight is 443 g/mol. The fraction of sp³-hybridized carbons (Fsp3) is 0.0417. The monoisotopic (exact) mass is 442 g/mol. The molecule has 0 amide bonds. The van der Waals surface area contributed by atoms with E-state index in [4.69, 9.17) is 9.97 Å². The Balaban J connectivity index is 1.72. The number of benzene rings is 3. The molecule has 0 aliphatic rings. The molecule has 0 atom stereocenters. The van der Waals surface area contributed by atoms with Crippen molar-refractivity contribution in [2.24, 2.45) is 5.10 Å². The number of anilines is 1. The minimum atomic E-state index is 0.540. The molecule has 0 aliphatic carbocycles. The number of halogens is 1. The van der Waals surface area contributed by atoms with E-state index in [-0.39, 0.29) is 0 Å². The lowest BCUT2D eigenvalue weighted by molar-refractivity contribution is 0.938. The average Bonchev–Trinajstić information content (AvgIpc) is 2.79. The van der Waals surface area contributed by atoms with Crippen LogP contribution in [0.1, 0.15) is 5.56 Å². The van der Waals surface area contributed by atoms with Crippen molar-refractivity contribution in [1.82, 2.24) is 9.97 Å². The summed E-state index contributed by atoms with van der Waals surface area (Å²) >= 11 is 3.45. The summed E-state index contributed by atoms with van der Waals surface area (Å²) in [5.41, 5.74) is 4.81. The molecule has 0 unspecified atom stereocenters. The van der Waals surface area contributed by atoms with E-state index in [1.165, 1.54) is 0 Å².